The minimum absolute atomic E-state index is 0.0762. The molecule has 1 unspecified atom stereocenters. The monoisotopic (exact) mass is 452 g/mol. The smallest absolute Gasteiger partial charge is 0.247 e. The van der Waals surface area contributed by atoms with Crippen molar-refractivity contribution in [3.63, 3.8) is 0 Å². The predicted molar refractivity (Wildman–Crippen MR) is 126 cm³/mol. The molecule has 0 bridgehead atoms. The van der Waals surface area contributed by atoms with E-state index >= 15 is 0 Å². The van der Waals surface area contributed by atoms with Gasteiger partial charge < -0.3 is 19.9 Å². The van der Waals surface area contributed by atoms with Gasteiger partial charge >= 0.3 is 0 Å². The van der Waals surface area contributed by atoms with Gasteiger partial charge in [0.2, 0.25) is 11.0 Å². The van der Waals surface area contributed by atoms with Gasteiger partial charge in [-0.3, -0.25) is 0 Å². The molecule has 0 radical (unpaired) electrons. The van der Waals surface area contributed by atoms with Crippen LogP contribution in [-0.4, -0.2) is 33.2 Å². The van der Waals surface area contributed by atoms with Crippen LogP contribution in [0.2, 0.25) is 0 Å². The molecule has 0 aliphatic carbocycles. The van der Waals surface area contributed by atoms with Gasteiger partial charge in [0.15, 0.2) is 23.4 Å². The van der Waals surface area contributed by atoms with E-state index in [2.05, 4.69) is 27.4 Å². The summed E-state index contributed by atoms with van der Waals surface area (Å²) in [5.41, 5.74) is 3.15. The Morgan fingerprint density at radius 3 is 2.78 bits per heavy atom. The first-order valence-electron chi connectivity index (χ1n) is 11.0. The number of methoxy groups -OCH3 is 1. The van der Waals surface area contributed by atoms with Crippen LogP contribution < -0.4 is 14.8 Å². The first-order chi connectivity index (χ1) is 15.7. The Bertz CT molecular complexity index is 1060. The molecule has 2 heterocycles. The van der Waals surface area contributed by atoms with E-state index in [4.69, 9.17) is 9.47 Å². The largest absolute Gasteiger partial charge is 0.504 e. The van der Waals surface area contributed by atoms with Crippen molar-refractivity contribution in [2.45, 2.75) is 50.4 Å². The number of fused-ring (bicyclic) bond motifs is 3. The van der Waals surface area contributed by atoms with Gasteiger partial charge in [0, 0.05) is 22.6 Å². The number of nitrogens with zero attached hydrogens (tertiary/aromatic N) is 3. The molecule has 0 fully saturated rings. The number of ether oxygens (including phenoxy) is 2. The maximum absolute atomic E-state index is 9.97. The third-order valence-electron chi connectivity index (χ3n) is 5.32. The zero-order valence-electron chi connectivity index (χ0n) is 18.4. The number of hydrogen-bond acceptors (Lipinski definition) is 8. The topological polar surface area (TPSA) is 89.4 Å². The Morgan fingerprint density at radius 2 is 1.94 bits per heavy atom. The van der Waals surface area contributed by atoms with Crippen LogP contribution >= 0.6 is 11.8 Å². The van der Waals surface area contributed by atoms with Gasteiger partial charge in [0.1, 0.15) is 0 Å². The molecule has 32 heavy (non-hydrogen) atoms. The van der Waals surface area contributed by atoms with E-state index in [9.17, 15) is 5.11 Å². The van der Waals surface area contributed by atoms with E-state index in [0.717, 1.165) is 29.0 Å². The van der Waals surface area contributed by atoms with Crippen LogP contribution in [0.5, 0.6) is 17.4 Å². The molecule has 2 N–H and O–H groups in total. The molecule has 3 aromatic rings. The molecule has 0 saturated carbocycles. The number of aromatic hydroxyl groups is 1. The Balaban J connectivity index is 1.59. The summed E-state index contributed by atoms with van der Waals surface area (Å²) in [5, 5.41) is 22.8. The van der Waals surface area contributed by atoms with Crippen molar-refractivity contribution in [1.82, 2.24) is 15.2 Å². The fourth-order valence-corrected chi connectivity index (χ4v) is 4.36. The number of anilines is 1. The minimum atomic E-state index is -0.532. The highest BCUT2D eigenvalue weighted by atomic mass is 32.2. The number of phenolic OH excluding ortho intramolecular Hbond substituents is 1. The lowest BCUT2D eigenvalue weighted by molar-refractivity contribution is 0.224. The zero-order valence-corrected chi connectivity index (χ0v) is 19.2. The molecule has 8 heteroatoms. The average Bonchev–Trinajstić information content (AvgIpc) is 2.98. The van der Waals surface area contributed by atoms with Gasteiger partial charge in [-0.05, 0) is 30.7 Å². The van der Waals surface area contributed by atoms with Gasteiger partial charge in [-0.2, -0.15) is 4.98 Å². The van der Waals surface area contributed by atoms with Gasteiger partial charge in [0.25, 0.3) is 0 Å². The van der Waals surface area contributed by atoms with Crippen molar-refractivity contribution in [2.24, 2.45) is 0 Å². The van der Waals surface area contributed by atoms with Crippen molar-refractivity contribution < 1.29 is 14.6 Å². The fraction of sp³-hybridized carbons (Fsp3) is 0.375. The molecule has 1 aliphatic rings. The molecule has 0 saturated heterocycles. The van der Waals surface area contributed by atoms with Crippen molar-refractivity contribution in [3.05, 3.63) is 48.0 Å². The maximum atomic E-state index is 9.97. The number of hydrogen-bond donors (Lipinski definition) is 2. The van der Waals surface area contributed by atoms with Crippen molar-refractivity contribution in [1.29, 1.82) is 0 Å². The SMILES string of the molecule is CCCCCCCSc1nnc2c(n1)OC(c1ccc(O)c(OC)c1)Nc1ccccc1-2. The second-order valence-electron chi connectivity index (χ2n) is 7.63. The summed E-state index contributed by atoms with van der Waals surface area (Å²) in [6.45, 7) is 2.22. The zero-order chi connectivity index (χ0) is 22.3. The minimum Gasteiger partial charge on any atom is -0.504 e. The Morgan fingerprint density at radius 1 is 1.09 bits per heavy atom. The van der Waals surface area contributed by atoms with Crippen LogP contribution in [0, 0.1) is 0 Å². The van der Waals surface area contributed by atoms with Crippen molar-refractivity contribution in [3.8, 4) is 28.6 Å². The normalized spacial score (nSPS) is 14.5. The molecule has 0 spiro atoms. The van der Waals surface area contributed by atoms with Gasteiger partial charge in [0.05, 0.1) is 7.11 Å². The third-order valence-corrected chi connectivity index (χ3v) is 6.24. The lowest BCUT2D eigenvalue weighted by atomic mass is 10.1. The number of para-hydroxylation sites is 1. The number of rotatable bonds is 9. The molecule has 1 atom stereocenters. The number of phenols is 1. The number of aromatic nitrogens is 3. The van der Waals surface area contributed by atoms with E-state index in [0.29, 0.717) is 22.5 Å². The van der Waals surface area contributed by atoms with E-state index in [1.165, 1.54) is 32.8 Å². The molecule has 0 amide bonds. The van der Waals surface area contributed by atoms with Gasteiger partial charge in [-0.25, -0.2) is 0 Å². The van der Waals surface area contributed by atoms with E-state index in [-0.39, 0.29) is 5.75 Å². The Kier molecular flexibility index (Phi) is 7.32. The molecule has 7 nitrogen and oxygen atoms in total. The molecule has 168 valence electrons. The van der Waals surface area contributed by atoms with Gasteiger partial charge in [-0.1, -0.05) is 62.6 Å². The molecule has 4 rings (SSSR count). The molecular formula is C24H28N4O3S. The first kappa shape index (κ1) is 22.2. The third kappa shape index (κ3) is 5.07. The summed E-state index contributed by atoms with van der Waals surface area (Å²) in [4.78, 5) is 4.69. The highest BCUT2D eigenvalue weighted by molar-refractivity contribution is 7.99. The highest BCUT2D eigenvalue weighted by Crippen LogP contribution is 2.40. The molecule has 1 aromatic heterocycles. The second-order valence-corrected chi connectivity index (χ2v) is 8.69. The van der Waals surface area contributed by atoms with Crippen LogP contribution in [0.1, 0.15) is 50.8 Å². The van der Waals surface area contributed by atoms with Crippen LogP contribution in [0.3, 0.4) is 0 Å². The lowest BCUT2D eigenvalue weighted by Gasteiger charge is -2.20. The summed E-state index contributed by atoms with van der Waals surface area (Å²) < 4.78 is 11.6. The quantitative estimate of drug-likeness (QED) is 0.310. The number of thioether (sulfide) groups is 1. The molecule has 1 aliphatic heterocycles. The molecule has 2 aromatic carbocycles. The van der Waals surface area contributed by atoms with E-state index in [1.54, 1.807) is 30.0 Å². The summed E-state index contributed by atoms with van der Waals surface area (Å²) in [5.74, 6) is 1.85. The van der Waals surface area contributed by atoms with Crippen molar-refractivity contribution >= 4 is 17.4 Å². The Labute approximate surface area is 192 Å². The first-order valence-corrected chi connectivity index (χ1v) is 11.9. The maximum Gasteiger partial charge on any atom is 0.247 e. The standard InChI is InChI=1S/C24H28N4O3S/c1-3-4-5-6-9-14-32-24-26-23-21(27-28-24)17-10-7-8-11-18(17)25-22(31-23)16-12-13-19(29)20(15-16)30-2/h7-8,10-13,15,22,25,29H,3-6,9,14H2,1-2H3. The predicted octanol–water partition coefficient (Wildman–Crippen LogP) is 5.82. The van der Waals surface area contributed by atoms with Crippen molar-refractivity contribution in [2.75, 3.05) is 18.2 Å². The number of nitrogens with one attached hydrogen (secondary N) is 1. The number of unbranched alkanes of at least 4 members (excludes halogenated alkanes) is 4. The lowest BCUT2D eigenvalue weighted by Crippen LogP contribution is -2.17. The average molecular weight is 453 g/mol. The van der Waals surface area contributed by atoms with Crippen LogP contribution in [0.25, 0.3) is 11.3 Å². The van der Waals surface area contributed by atoms with Crippen LogP contribution in [0.4, 0.5) is 5.69 Å². The highest BCUT2D eigenvalue weighted by Gasteiger charge is 2.26. The van der Waals surface area contributed by atoms with Crippen LogP contribution in [0.15, 0.2) is 47.6 Å². The summed E-state index contributed by atoms with van der Waals surface area (Å²) in [7, 11) is 1.52. The summed E-state index contributed by atoms with van der Waals surface area (Å²) >= 11 is 1.61. The van der Waals surface area contributed by atoms with Gasteiger partial charge in [-0.15, -0.1) is 10.2 Å². The summed E-state index contributed by atoms with van der Waals surface area (Å²) in [6, 6.07) is 13.0. The summed E-state index contributed by atoms with van der Waals surface area (Å²) in [6.07, 6.45) is 5.61. The van der Waals surface area contributed by atoms with E-state index in [1.807, 2.05) is 24.3 Å². The fourth-order valence-electron chi connectivity index (χ4n) is 3.59. The van der Waals surface area contributed by atoms with E-state index < -0.39 is 6.23 Å². The Hall–Kier alpha value is -3.00. The van der Waals surface area contributed by atoms with Crippen LogP contribution in [-0.2, 0) is 0 Å². The number of benzene rings is 2. The second kappa shape index (κ2) is 10.5. The molecular weight excluding hydrogens is 424 g/mol.